The summed E-state index contributed by atoms with van der Waals surface area (Å²) in [5, 5.41) is 0. The Morgan fingerprint density at radius 2 is 1.85 bits per heavy atom. The van der Waals surface area contributed by atoms with Gasteiger partial charge in [0.2, 0.25) is 0 Å². The molecule has 2 aliphatic rings. The summed E-state index contributed by atoms with van der Waals surface area (Å²) in [7, 11) is 0. The van der Waals surface area contributed by atoms with Crippen LogP contribution in [0.2, 0.25) is 0 Å². The number of fused-ring (bicyclic) bond motifs is 2. The second kappa shape index (κ2) is 7.99. The number of nitrogens with zero attached hydrogens (tertiary/aromatic N) is 1. The van der Waals surface area contributed by atoms with Gasteiger partial charge in [0.15, 0.2) is 0 Å². The zero-order valence-electron chi connectivity index (χ0n) is 15.9. The van der Waals surface area contributed by atoms with Crippen LogP contribution in [0.5, 0.6) is 0 Å². The molecule has 2 unspecified atom stereocenters. The number of carbonyl (C=O) groups is 1. The van der Waals surface area contributed by atoms with Crippen LogP contribution in [-0.2, 0) is 17.8 Å². The van der Waals surface area contributed by atoms with E-state index in [1.165, 1.54) is 23.1 Å². The Morgan fingerprint density at radius 3 is 2.63 bits per heavy atom. The normalized spacial score (nSPS) is 21.5. The summed E-state index contributed by atoms with van der Waals surface area (Å²) in [4.78, 5) is 14.8. The average Bonchev–Trinajstić information content (AvgIpc) is 2.71. The maximum Gasteiger partial charge on any atom is 0.410 e. The highest BCUT2D eigenvalue weighted by Crippen LogP contribution is 2.38. The Bertz CT molecular complexity index is 827. The molecule has 2 aliphatic heterocycles. The lowest BCUT2D eigenvalue weighted by Crippen LogP contribution is -2.51. The van der Waals surface area contributed by atoms with Crippen molar-refractivity contribution in [2.24, 2.45) is 0 Å². The number of benzene rings is 2. The van der Waals surface area contributed by atoms with Crippen LogP contribution in [-0.4, -0.2) is 23.1 Å². The van der Waals surface area contributed by atoms with Crippen LogP contribution in [0.25, 0.3) is 5.57 Å². The summed E-state index contributed by atoms with van der Waals surface area (Å²) in [6.07, 6.45) is 7.36. The Balaban J connectivity index is 1.52. The summed E-state index contributed by atoms with van der Waals surface area (Å²) >= 11 is 0. The first-order valence-electron chi connectivity index (χ1n) is 10.0. The van der Waals surface area contributed by atoms with Crippen molar-refractivity contribution in [3.63, 3.8) is 0 Å². The zero-order chi connectivity index (χ0) is 18.6. The monoisotopic (exact) mass is 361 g/mol. The van der Waals surface area contributed by atoms with E-state index in [1.54, 1.807) is 0 Å². The Hall–Kier alpha value is -2.55. The van der Waals surface area contributed by atoms with E-state index in [0.717, 1.165) is 31.2 Å². The minimum atomic E-state index is -0.173. The molecule has 0 radical (unpaired) electrons. The summed E-state index contributed by atoms with van der Waals surface area (Å²) in [6.45, 7) is 2.54. The fraction of sp³-hybridized carbons (Fsp3) is 0.375. The summed E-state index contributed by atoms with van der Waals surface area (Å²) < 4.78 is 5.65. The SMILES string of the molecule is CCc1ccccc1C1=CC2CCCC(C1)N2C(=O)OCc1ccccc1. The molecule has 4 rings (SSSR count). The minimum Gasteiger partial charge on any atom is -0.445 e. The molecule has 1 amide bonds. The van der Waals surface area contributed by atoms with Crippen molar-refractivity contribution in [3.8, 4) is 0 Å². The molecule has 2 atom stereocenters. The van der Waals surface area contributed by atoms with Crippen LogP contribution in [0.4, 0.5) is 4.79 Å². The topological polar surface area (TPSA) is 29.5 Å². The average molecular weight is 361 g/mol. The lowest BCUT2D eigenvalue weighted by Gasteiger charge is -2.44. The fourth-order valence-electron chi connectivity index (χ4n) is 4.45. The van der Waals surface area contributed by atoms with Crippen LogP contribution < -0.4 is 0 Å². The summed E-state index contributed by atoms with van der Waals surface area (Å²) in [6, 6.07) is 19.0. The summed E-state index contributed by atoms with van der Waals surface area (Å²) in [5.41, 5.74) is 5.17. The van der Waals surface area contributed by atoms with Gasteiger partial charge in [0.05, 0.1) is 6.04 Å². The highest BCUT2D eigenvalue weighted by molar-refractivity contribution is 5.75. The molecule has 2 aromatic carbocycles. The second-order valence-electron chi connectivity index (χ2n) is 7.51. The maximum absolute atomic E-state index is 12.8. The minimum absolute atomic E-state index is 0.153. The third kappa shape index (κ3) is 3.78. The van der Waals surface area contributed by atoms with Gasteiger partial charge >= 0.3 is 6.09 Å². The van der Waals surface area contributed by atoms with Gasteiger partial charge < -0.3 is 4.74 Å². The quantitative estimate of drug-likeness (QED) is 0.710. The van der Waals surface area contributed by atoms with Crippen LogP contribution in [0.1, 0.15) is 49.3 Å². The molecular weight excluding hydrogens is 334 g/mol. The molecule has 1 saturated heterocycles. The van der Waals surface area contributed by atoms with Crippen molar-refractivity contribution in [1.82, 2.24) is 4.90 Å². The first kappa shape index (κ1) is 17.8. The predicted molar refractivity (Wildman–Crippen MR) is 108 cm³/mol. The molecule has 0 spiro atoms. The van der Waals surface area contributed by atoms with Crippen LogP contribution in [0.15, 0.2) is 60.7 Å². The van der Waals surface area contributed by atoms with Crippen LogP contribution in [0, 0.1) is 0 Å². The van der Waals surface area contributed by atoms with Crippen molar-refractivity contribution in [2.75, 3.05) is 0 Å². The number of ether oxygens (including phenoxy) is 1. The van der Waals surface area contributed by atoms with Gasteiger partial charge in [-0.05, 0) is 54.4 Å². The first-order chi connectivity index (χ1) is 13.3. The molecule has 1 fully saturated rings. The van der Waals surface area contributed by atoms with Gasteiger partial charge in [0.1, 0.15) is 6.61 Å². The fourth-order valence-corrected chi connectivity index (χ4v) is 4.45. The standard InChI is InChI=1S/C24H27NO2/c1-2-19-11-6-7-14-23(19)20-15-21-12-8-13-22(16-20)25(21)24(26)27-17-18-9-4-3-5-10-18/h3-7,9-11,14-15,21-22H,2,8,12-13,16-17H2,1H3. The third-order valence-electron chi connectivity index (χ3n) is 5.80. The van der Waals surface area contributed by atoms with E-state index < -0.39 is 0 Å². The van der Waals surface area contributed by atoms with E-state index in [2.05, 4.69) is 37.3 Å². The first-order valence-corrected chi connectivity index (χ1v) is 10.0. The van der Waals surface area contributed by atoms with E-state index in [-0.39, 0.29) is 18.2 Å². The molecule has 140 valence electrons. The molecule has 2 aromatic rings. The molecule has 2 heterocycles. The van der Waals surface area contributed by atoms with Gasteiger partial charge in [-0.15, -0.1) is 0 Å². The van der Waals surface area contributed by atoms with Crippen molar-refractivity contribution in [3.05, 3.63) is 77.4 Å². The van der Waals surface area contributed by atoms with Gasteiger partial charge in [-0.2, -0.15) is 0 Å². The molecule has 0 aromatic heterocycles. The number of amides is 1. The molecule has 0 saturated carbocycles. The van der Waals surface area contributed by atoms with Crippen molar-refractivity contribution in [2.45, 2.75) is 57.7 Å². The molecular formula is C24H27NO2. The smallest absolute Gasteiger partial charge is 0.410 e. The predicted octanol–water partition coefficient (Wildman–Crippen LogP) is 5.60. The number of piperidine rings is 1. The number of rotatable bonds is 4. The van der Waals surface area contributed by atoms with Gasteiger partial charge in [0.25, 0.3) is 0 Å². The van der Waals surface area contributed by atoms with Crippen molar-refractivity contribution < 1.29 is 9.53 Å². The Kier molecular flexibility index (Phi) is 5.28. The summed E-state index contributed by atoms with van der Waals surface area (Å²) in [5.74, 6) is 0. The lowest BCUT2D eigenvalue weighted by molar-refractivity contribution is 0.0510. The van der Waals surface area contributed by atoms with E-state index in [4.69, 9.17) is 4.74 Å². The number of aryl methyl sites for hydroxylation is 1. The van der Waals surface area contributed by atoms with Crippen LogP contribution >= 0.6 is 0 Å². The lowest BCUT2D eigenvalue weighted by atomic mass is 9.82. The number of hydrogen-bond donors (Lipinski definition) is 0. The molecule has 0 N–H and O–H groups in total. The number of hydrogen-bond acceptors (Lipinski definition) is 2. The maximum atomic E-state index is 12.8. The van der Waals surface area contributed by atoms with Gasteiger partial charge in [0, 0.05) is 6.04 Å². The molecule has 2 bridgehead atoms. The van der Waals surface area contributed by atoms with Gasteiger partial charge in [-0.1, -0.05) is 67.6 Å². The number of carbonyl (C=O) groups excluding carboxylic acids is 1. The van der Waals surface area contributed by atoms with E-state index in [9.17, 15) is 4.79 Å². The molecule has 3 heteroatoms. The Labute approximate surface area is 161 Å². The van der Waals surface area contributed by atoms with Crippen molar-refractivity contribution in [1.29, 1.82) is 0 Å². The van der Waals surface area contributed by atoms with Gasteiger partial charge in [-0.25, -0.2) is 4.79 Å². The largest absolute Gasteiger partial charge is 0.445 e. The Morgan fingerprint density at radius 1 is 1.07 bits per heavy atom. The van der Waals surface area contributed by atoms with Crippen molar-refractivity contribution >= 4 is 11.7 Å². The molecule has 3 nitrogen and oxygen atoms in total. The highest BCUT2D eigenvalue weighted by atomic mass is 16.6. The second-order valence-corrected chi connectivity index (χ2v) is 7.51. The van der Waals surface area contributed by atoms with Crippen LogP contribution in [0.3, 0.4) is 0 Å². The third-order valence-corrected chi connectivity index (χ3v) is 5.80. The zero-order valence-corrected chi connectivity index (χ0v) is 15.9. The van der Waals surface area contributed by atoms with Gasteiger partial charge in [-0.3, -0.25) is 4.90 Å². The molecule has 27 heavy (non-hydrogen) atoms. The molecule has 0 aliphatic carbocycles. The highest BCUT2D eigenvalue weighted by Gasteiger charge is 2.38. The van der Waals surface area contributed by atoms with E-state index in [0.29, 0.717) is 6.61 Å². The van der Waals surface area contributed by atoms with E-state index >= 15 is 0 Å². The van der Waals surface area contributed by atoms with E-state index in [1.807, 2.05) is 35.2 Å².